The van der Waals surface area contributed by atoms with Gasteiger partial charge < -0.3 is 10.6 Å². The summed E-state index contributed by atoms with van der Waals surface area (Å²) in [5.74, 6) is -0.791. The SMILES string of the molecule is Cc1ccc(S(=O)(=O)N2CCCC2)cc1C(=O)Nc1ccccc1C(=O)NCc1ccccc1. The first kappa shape index (κ1) is 23.7. The largest absolute Gasteiger partial charge is 0.348 e. The highest BCUT2D eigenvalue weighted by molar-refractivity contribution is 7.89. The second-order valence-electron chi connectivity index (χ2n) is 8.26. The summed E-state index contributed by atoms with van der Waals surface area (Å²) in [6.07, 6.45) is 1.67. The van der Waals surface area contributed by atoms with E-state index in [1.54, 1.807) is 37.3 Å². The van der Waals surface area contributed by atoms with Gasteiger partial charge in [0, 0.05) is 25.2 Å². The number of sulfonamides is 1. The van der Waals surface area contributed by atoms with Gasteiger partial charge in [0.1, 0.15) is 0 Å². The maximum atomic E-state index is 13.1. The van der Waals surface area contributed by atoms with Gasteiger partial charge in [-0.3, -0.25) is 9.59 Å². The molecule has 1 heterocycles. The van der Waals surface area contributed by atoms with Gasteiger partial charge in [0.15, 0.2) is 0 Å². The highest BCUT2D eigenvalue weighted by Crippen LogP contribution is 2.24. The van der Waals surface area contributed by atoms with Crippen LogP contribution in [0.4, 0.5) is 5.69 Å². The summed E-state index contributed by atoms with van der Waals surface area (Å²) in [7, 11) is -3.65. The van der Waals surface area contributed by atoms with Crippen LogP contribution in [0.3, 0.4) is 0 Å². The Hall–Kier alpha value is -3.49. The molecule has 3 aromatic carbocycles. The lowest BCUT2D eigenvalue weighted by atomic mass is 10.1. The molecule has 0 atom stereocenters. The van der Waals surface area contributed by atoms with Gasteiger partial charge in [0.25, 0.3) is 11.8 Å². The minimum absolute atomic E-state index is 0.0963. The number of amides is 2. The van der Waals surface area contributed by atoms with Crippen LogP contribution in [0.5, 0.6) is 0 Å². The van der Waals surface area contributed by atoms with Crippen molar-refractivity contribution in [2.24, 2.45) is 0 Å². The van der Waals surface area contributed by atoms with Gasteiger partial charge in [-0.25, -0.2) is 8.42 Å². The smallest absolute Gasteiger partial charge is 0.255 e. The van der Waals surface area contributed by atoms with Gasteiger partial charge in [0.05, 0.1) is 16.1 Å². The van der Waals surface area contributed by atoms with E-state index in [4.69, 9.17) is 0 Å². The first-order valence-corrected chi connectivity index (χ1v) is 12.6. The zero-order valence-corrected chi connectivity index (χ0v) is 19.8. The van der Waals surface area contributed by atoms with Crippen LogP contribution < -0.4 is 10.6 Å². The summed E-state index contributed by atoms with van der Waals surface area (Å²) in [5.41, 5.74) is 2.53. The molecule has 1 aliphatic heterocycles. The number of benzene rings is 3. The van der Waals surface area contributed by atoms with Crippen molar-refractivity contribution in [1.29, 1.82) is 0 Å². The van der Waals surface area contributed by atoms with Crippen molar-refractivity contribution >= 4 is 27.5 Å². The van der Waals surface area contributed by atoms with E-state index < -0.39 is 15.9 Å². The Morgan fingerprint density at radius 1 is 0.853 bits per heavy atom. The lowest BCUT2D eigenvalue weighted by Crippen LogP contribution is -2.28. The first-order valence-electron chi connectivity index (χ1n) is 11.2. The summed E-state index contributed by atoms with van der Waals surface area (Å²) in [6, 6.07) is 20.9. The minimum atomic E-state index is -3.65. The van der Waals surface area contributed by atoms with Gasteiger partial charge in [0.2, 0.25) is 10.0 Å². The highest BCUT2D eigenvalue weighted by atomic mass is 32.2. The van der Waals surface area contributed by atoms with E-state index in [1.165, 1.54) is 16.4 Å². The number of anilines is 1. The van der Waals surface area contributed by atoms with Crippen LogP contribution in [-0.2, 0) is 16.6 Å². The first-order chi connectivity index (χ1) is 16.4. The summed E-state index contributed by atoms with van der Waals surface area (Å²) < 4.78 is 27.4. The molecule has 0 saturated carbocycles. The van der Waals surface area contributed by atoms with E-state index in [-0.39, 0.29) is 16.4 Å². The molecular weight excluding hydrogens is 450 g/mol. The number of aryl methyl sites for hydroxylation is 1. The fourth-order valence-electron chi connectivity index (χ4n) is 3.94. The number of nitrogens with zero attached hydrogens (tertiary/aromatic N) is 1. The summed E-state index contributed by atoms with van der Waals surface area (Å²) in [4.78, 5) is 26.0. The Balaban J connectivity index is 1.54. The Morgan fingerprint density at radius 3 is 2.26 bits per heavy atom. The summed E-state index contributed by atoms with van der Waals surface area (Å²) >= 11 is 0. The van der Waals surface area contributed by atoms with Crippen LogP contribution in [-0.4, -0.2) is 37.6 Å². The molecule has 0 unspecified atom stereocenters. The van der Waals surface area contributed by atoms with Gasteiger partial charge in [-0.1, -0.05) is 48.5 Å². The molecule has 2 N–H and O–H groups in total. The van der Waals surface area contributed by atoms with Crippen molar-refractivity contribution in [1.82, 2.24) is 9.62 Å². The van der Waals surface area contributed by atoms with Crippen molar-refractivity contribution in [2.75, 3.05) is 18.4 Å². The third-order valence-corrected chi connectivity index (χ3v) is 7.77. The predicted molar refractivity (Wildman–Crippen MR) is 131 cm³/mol. The van der Waals surface area contributed by atoms with Gasteiger partial charge in [-0.2, -0.15) is 4.31 Å². The third-order valence-electron chi connectivity index (χ3n) is 5.87. The van der Waals surface area contributed by atoms with Crippen LogP contribution in [0.2, 0.25) is 0 Å². The fourth-order valence-corrected chi connectivity index (χ4v) is 5.48. The number of carbonyl (C=O) groups excluding carboxylic acids is 2. The summed E-state index contributed by atoms with van der Waals surface area (Å²) in [5, 5.41) is 5.65. The van der Waals surface area contributed by atoms with E-state index in [1.807, 2.05) is 30.3 Å². The second kappa shape index (κ2) is 10.2. The molecule has 7 nitrogen and oxygen atoms in total. The molecule has 176 valence electrons. The number of para-hydroxylation sites is 1. The Bertz CT molecular complexity index is 1300. The number of carbonyl (C=O) groups is 2. The summed E-state index contributed by atoms with van der Waals surface area (Å²) in [6.45, 7) is 3.09. The van der Waals surface area contributed by atoms with Gasteiger partial charge >= 0.3 is 0 Å². The van der Waals surface area contributed by atoms with Crippen molar-refractivity contribution in [3.05, 3.63) is 95.1 Å². The van der Waals surface area contributed by atoms with Crippen LogP contribution in [0.1, 0.15) is 44.7 Å². The number of rotatable bonds is 7. The van der Waals surface area contributed by atoms with E-state index in [9.17, 15) is 18.0 Å². The molecule has 1 fully saturated rings. The highest BCUT2D eigenvalue weighted by Gasteiger charge is 2.28. The van der Waals surface area contributed by atoms with Crippen LogP contribution in [0, 0.1) is 6.92 Å². The molecule has 2 amide bonds. The van der Waals surface area contributed by atoms with E-state index in [0.29, 0.717) is 36.4 Å². The maximum absolute atomic E-state index is 13.1. The van der Waals surface area contributed by atoms with Crippen LogP contribution >= 0.6 is 0 Å². The van der Waals surface area contributed by atoms with Gasteiger partial charge in [-0.15, -0.1) is 0 Å². The molecule has 0 aromatic heterocycles. The molecule has 4 rings (SSSR count). The van der Waals surface area contributed by atoms with Crippen LogP contribution in [0.15, 0.2) is 77.7 Å². The Morgan fingerprint density at radius 2 is 1.53 bits per heavy atom. The zero-order valence-electron chi connectivity index (χ0n) is 19.0. The molecule has 0 bridgehead atoms. The minimum Gasteiger partial charge on any atom is -0.348 e. The molecule has 1 saturated heterocycles. The fraction of sp³-hybridized carbons (Fsp3) is 0.231. The second-order valence-corrected chi connectivity index (χ2v) is 10.2. The average molecular weight is 478 g/mol. The lowest BCUT2D eigenvalue weighted by Gasteiger charge is -2.17. The third kappa shape index (κ3) is 5.18. The molecular formula is C26H27N3O4S. The molecule has 34 heavy (non-hydrogen) atoms. The van der Waals surface area contributed by atoms with E-state index >= 15 is 0 Å². The van der Waals surface area contributed by atoms with Crippen molar-refractivity contribution < 1.29 is 18.0 Å². The molecule has 1 aliphatic rings. The molecule has 3 aromatic rings. The molecule has 0 spiro atoms. The van der Waals surface area contributed by atoms with E-state index in [2.05, 4.69) is 10.6 Å². The predicted octanol–water partition coefficient (Wildman–Crippen LogP) is 3.96. The average Bonchev–Trinajstić information content (AvgIpc) is 3.40. The number of hydrogen-bond donors (Lipinski definition) is 2. The van der Waals surface area contributed by atoms with Crippen molar-refractivity contribution in [2.45, 2.75) is 31.2 Å². The Kier molecular flexibility index (Phi) is 7.09. The topological polar surface area (TPSA) is 95.6 Å². The molecule has 0 aliphatic carbocycles. The lowest BCUT2D eigenvalue weighted by molar-refractivity contribution is 0.0951. The normalized spacial score (nSPS) is 14.0. The van der Waals surface area contributed by atoms with E-state index in [0.717, 1.165) is 18.4 Å². The molecule has 8 heteroatoms. The van der Waals surface area contributed by atoms with Gasteiger partial charge in [-0.05, 0) is 55.2 Å². The molecule has 0 radical (unpaired) electrons. The monoisotopic (exact) mass is 477 g/mol. The standard InChI is InChI=1S/C26H27N3O4S/c1-19-13-14-21(34(32,33)29-15-7-8-16-29)17-23(19)26(31)28-24-12-6-5-11-22(24)25(30)27-18-20-9-3-2-4-10-20/h2-6,9-14,17H,7-8,15-16,18H2,1H3,(H,27,30)(H,28,31). The Labute approximate surface area is 199 Å². The number of hydrogen-bond acceptors (Lipinski definition) is 4. The van der Waals surface area contributed by atoms with Crippen molar-refractivity contribution in [3.8, 4) is 0 Å². The quantitative estimate of drug-likeness (QED) is 0.538. The van der Waals surface area contributed by atoms with Crippen molar-refractivity contribution in [3.63, 3.8) is 0 Å². The van der Waals surface area contributed by atoms with Crippen LogP contribution in [0.25, 0.3) is 0 Å². The zero-order chi connectivity index (χ0) is 24.1. The maximum Gasteiger partial charge on any atom is 0.255 e. The number of nitrogens with one attached hydrogen (secondary N) is 2.